The summed E-state index contributed by atoms with van der Waals surface area (Å²) >= 11 is 6.09. The molecule has 0 atom stereocenters. The van der Waals surface area contributed by atoms with Crippen LogP contribution in [0.1, 0.15) is 27.4 Å². The van der Waals surface area contributed by atoms with E-state index in [1.54, 1.807) is 35.0 Å². The number of carbonyl (C=O) groups excluding carboxylic acids is 2. The molecule has 2 heterocycles. The molecule has 0 spiro atoms. The Bertz CT molecular complexity index is 1130. The van der Waals surface area contributed by atoms with E-state index in [9.17, 15) is 9.59 Å². The molecule has 0 aliphatic heterocycles. The van der Waals surface area contributed by atoms with Crippen molar-refractivity contribution in [3.8, 4) is 11.9 Å². The summed E-state index contributed by atoms with van der Waals surface area (Å²) in [7, 11) is 0. The number of halogens is 1. The molecule has 9 heteroatoms. The predicted molar refractivity (Wildman–Crippen MR) is 111 cm³/mol. The smallest absolute Gasteiger partial charge is 0.359 e. The standard InChI is InChI=1S/C21H18ClN5O3/c1-13-11-14(2)27(26-13)18-8-7-17(22)20(25-18)21(29)30-12-19(28)24-16-5-3-15(4-6-16)9-10-23/h3-8,11H,9,12H2,1-2H3,(H,24,28). The van der Waals surface area contributed by atoms with E-state index >= 15 is 0 Å². The summed E-state index contributed by atoms with van der Waals surface area (Å²) in [5, 5.41) is 15.7. The highest BCUT2D eigenvalue weighted by Gasteiger charge is 2.18. The Morgan fingerprint density at radius 2 is 1.93 bits per heavy atom. The molecule has 1 N–H and O–H groups in total. The second-order valence-electron chi connectivity index (χ2n) is 6.49. The predicted octanol–water partition coefficient (Wildman–Crippen LogP) is 3.40. The van der Waals surface area contributed by atoms with Crippen LogP contribution < -0.4 is 5.32 Å². The SMILES string of the molecule is Cc1cc(C)n(-c2ccc(Cl)c(C(=O)OCC(=O)Nc3ccc(CC#N)cc3)n2)n1. The molecule has 0 aliphatic rings. The number of hydrogen-bond acceptors (Lipinski definition) is 6. The average Bonchev–Trinajstić information content (AvgIpc) is 3.06. The van der Waals surface area contributed by atoms with Crippen LogP contribution in [0.15, 0.2) is 42.5 Å². The van der Waals surface area contributed by atoms with Crippen LogP contribution in [0.3, 0.4) is 0 Å². The number of esters is 1. The molecule has 1 aromatic carbocycles. The normalized spacial score (nSPS) is 10.3. The summed E-state index contributed by atoms with van der Waals surface area (Å²) in [6.07, 6.45) is 0.288. The highest BCUT2D eigenvalue weighted by atomic mass is 35.5. The third kappa shape index (κ3) is 5.01. The van der Waals surface area contributed by atoms with E-state index in [4.69, 9.17) is 21.6 Å². The van der Waals surface area contributed by atoms with Crippen LogP contribution in [0.2, 0.25) is 5.02 Å². The molecule has 0 unspecified atom stereocenters. The van der Waals surface area contributed by atoms with Gasteiger partial charge in [0.15, 0.2) is 18.1 Å². The lowest BCUT2D eigenvalue weighted by molar-refractivity contribution is -0.119. The Morgan fingerprint density at radius 1 is 1.20 bits per heavy atom. The molecule has 0 bridgehead atoms. The average molecular weight is 424 g/mol. The van der Waals surface area contributed by atoms with E-state index in [-0.39, 0.29) is 17.1 Å². The van der Waals surface area contributed by atoms with E-state index in [0.29, 0.717) is 11.5 Å². The molecule has 1 amide bonds. The number of ether oxygens (including phenoxy) is 1. The fourth-order valence-electron chi connectivity index (χ4n) is 2.75. The Morgan fingerprint density at radius 3 is 2.57 bits per heavy atom. The van der Waals surface area contributed by atoms with Gasteiger partial charge in [0.05, 0.1) is 23.2 Å². The van der Waals surface area contributed by atoms with E-state index in [1.807, 2.05) is 26.0 Å². The van der Waals surface area contributed by atoms with Crippen molar-refractivity contribution in [3.05, 3.63) is 70.1 Å². The largest absolute Gasteiger partial charge is 0.451 e. The van der Waals surface area contributed by atoms with Crippen LogP contribution in [0.25, 0.3) is 5.82 Å². The summed E-state index contributed by atoms with van der Waals surface area (Å²) in [5.74, 6) is -0.913. The van der Waals surface area contributed by atoms with Gasteiger partial charge in [0.2, 0.25) is 0 Å². The van der Waals surface area contributed by atoms with E-state index in [1.165, 1.54) is 6.07 Å². The molecule has 0 fully saturated rings. The van der Waals surface area contributed by atoms with Crippen molar-refractivity contribution in [2.45, 2.75) is 20.3 Å². The van der Waals surface area contributed by atoms with Crippen molar-refractivity contribution in [1.29, 1.82) is 5.26 Å². The maximum absolute atomic E-state index is 12.4. The third-order valence-corrected chi connectivity index (χ3v) is 4.41. The second kappa shape index (κ2) is 9.20. The quantitative estimate of drug-likeness (QED) is 0.608. The van der Waals surface area contributed by atoms with Gasteiger partial charge in [0.25, 0.3) is 5.91 Å². The summed E-state index contributed by atoms with van der Waals surface area (Å²) < 4.78 is 6.65. The zero-order valence-corrected chi connectivity index (χ0v) is 17.1. The van der Waals surface area contributed by atoms with Crippen molar-refractivity contribution in [2.75, 3.05) is 11.9 Å². The number of nitrogens with zero attached hydrogens (tertiary/aromatic N) is 4. The van der Waals surface area contributed by atoms with E-state index < -0.39 is 18.5 Å². The number of nitriles is 1. The second-order valence-corrected chi connectivity index (χ2v) is 6.90. The Kier molecular flexibility index (Phi) is 6.45. The molecule has 0 aliphatic carbocycles. The third-order valence-electron chi connectivity index (χ3n) is 4.11. The van der Waals surface area contributed by atoms with E-state index in [0.717, 1.165) is 17.0 Å². The Labute approximate surface area is 178 Å². The number of benzene rings is 1. The van der Waals surface area contributed by atoms with Gasteiger partial charge in [0, 0.05) is 11.4 Å². The van der Waals surface area contributed by atoms with Crippen LogP contribution >= 0.6 is 11.6 Å². The molecule has 0 saturated carbocycles. The van der Waals surface area contributed by atoms with Gasteiger partial charge in [-0.15, -0.1) is 0 Å². The van der Waals surface area contributed by atoms with Gasteiger partial charge >= 0.3 is 5.97 Å². The number of aryl methyl sites for hydroxylation is 2. The highest BCUT2D eigenvalue weighted by Crippen LogP contribution is 2.18. The van der Waals surface area contributed by atoms with Gasteiger partial charge in [-0.1, -0.05) is 23.7 Å². The number of carbonyl (C=O) groups is 2. The van der Waals surface area contributed by atoms with Gasteiger partial charge < -0.3 is 10.1 Å². The Balaban J connectivity index is 1.64. The Hall–Kier alpha value is -3.70. The highest BCUT2D eigenvalue weighted by molar-refractivity contribution is 6.33. The molecule has 0 radical (unpaired) electrons. The number of nitrogens with one attached hydrogen (secondary N) is 1. The maximum atomic E-state index is 12.4. The minimum absolute atomic E-state index is 0.102. The zero-order chi connectivity index (χ0) is 21.7. The van der Waals surface area contributed by atoms with Crippen molar-refractivity contribution in [2.24, 2.45) is 0 Å². The van der Waals surface area contributed by atoms with E-state index in [2.05, 4.69) is 15.4 Å². The molecule has 2 aromatic heterocycles. The van der Waals surface area contributed by atoms with Crippen LogP contribution in [-0.2, 0) is 16.0 Å². The van der Waals surface area contributed by atoms with Gasteiger partial charge in [0.1, 0.15) is 0 Å². The molecule has 0 saturated heterocycles. The van der Waals surface area contributed by atoms with Gasteiger partial charge in [-0.3, -0.25) is 4.79 Å². The molecule has 8 nitrogen and oxygen atoms in total. The first kappa shape index (κ1) is 21.0. The monoisotopic (exact) mass is 423 g/mol. The fourth-order valence-corrected chi connectivity index (χ4v) is 2.93. The number of rotatable bonds is 6. The lowest BCUT2D eigenvalue weighted by Gasteiger charge is -2.09. The van der Waals surface area contributed by atoms with Gasteiger partial charge in [-0.05, 0) is 49.7 Å². The first-order valence-corrected chi connectivity index (χ1v) is 9.38. The maximum Gasteiger partial charge on any atom is 0.359 e. The summed E-state index contributed by atoms with van der Waals surface area (Å²) in [6.45, 7) is 3.22. The van der Waals surface area contributed by atoms with Crippen molar-refractivity contribution < 1.29 is 14.3 Å². The molecule has 30 heavy (non-hydrogen) atoms. The van der Waals surface area contributed by atoms with Crippen LogP contribution in [-0.4, -0.2) is 33.2 Å². The molecule has 3 rings (SSSR count). The topological polar surface area (TPSA) is 110 Å². The molecular formula is C21H18ClN5O3. The summed E-state index contributed by atoms with van der Waals surface area (Å²) in [6, 6.07) is 13.9. The van der Waals surface area contributed by atoms with Crippen molar-refractivity contribution in [1.82, 2.24) is 14.8 Å². The number of anilines is 1. The number of amides is 1. The van der Waals surface area contributed by atoms with Crippen molar-refractivity contribution in [3.63, 3.8) is 0 Å². The number of aromatic nitrogens is 3. The minimum atomic E-state index is -0.817. The zero-order valence-electron chi connectivity index (χ0n) is 16.3. The summed E-state index contributed by atoms with van der Waals surface area (Å²) in [5.41, 5.74) is 2.92. The van der Waals surface area contributed by atoms with Crippen LogP contribution in [0.5, 0.6) is 0 Å². The van der Waals surface area contributed by atoms with Crippen LogP contribution in [0.4, 0.5) is 5.69 Å². The van der Waals surface area contributed by atoms with Crippen LogP contribution in [0, 0.1) is 25.2 Å². The first-order valence-electron chi connectivity index (χ1n) is 9.00. The molecule has 3 aromatic rings. The minimum Gasteiger partial charge on any atom is -0.451 e. The number of hydrogen-bond donors (Lipinski definition) is 1. The first-order chi connectivity index (χ1) is 14.4. The fraction of sp³-hybridized carbons (Fsp3) is 0.190. The van der Waals surface area contributed by atoms with Gasteiger partial charge in [-0.25, -0.2) is 14.5 Å². The lowest BCUT2D eigenvalue weighted by atomic mass is 10.1. The molecule has 152 valence electrons. The number of pyridine rings is 1. The molecular weight excluding hydrogens is 406 g/mol. The van der Waals surface area contributed by atoms with Gasteiger partial charge in [-0.2, -0.15) is 10.4 Å². The lowest BCUT2D eigenvalue weighted by Crippen LogP contribution is -2.21. The summed E-state index contributed by atoms with van der Waals surface area (Å²) in [4.78, 5) is 28.7. The van der Waals surface area contributed by atoms with Crippen molar-refractivity contribution >= 4 is 29.2 Å².